The summed E-state index contributed by atoms with van der Waals surface area (Å²) in [5, 5.41) is 7.66. The average Bonchev–Trinajstić information content (AvgIpc) is 3.20. The number of ether oxygens (including phenoxy) is 1. The van der Waals surface area contributed by atoms with Crippen LogP contribution in [0.4, 0.5) is 18.9 Å². The maximum absolute atomic E-state index is 14.3. The number of hydrogen-bond donors (Lipinski definition) is 1. The fourth-order valence-corrected chi connectivity index (χ4v) is 5.58. The Kier molecular flexibility index (Phi) is 5.96. The molecule has 0 bridgehead atoms. The Morgan fingerprint density at radius 3 is 2.71 bits per heavy atom. The third kappa shape index (κ3) is 4.14. The lowest BCUT2D eigenvalue weighted by atomic mass is 10.00. The number of hydrogen-bond acceptors (Lipinski definition) is 4. The van der Waals surface area contributed by atoms with Gasteiger partial charge in [0.25, 0.3) is 11.8 Å². The second-order valence-corrected chi connectivity index (χ2v) is 10.3. The van der Waals surface area contributed by atoms with E-state index in [4.69, 9.17) is 27.9 Å². The molecule has 4 aromatic rings. The van der Waals surface area contributed by atoms with Gasteiger partial charge < -0.3 is 15.0 Å². The van der Waals surface area contributed by atoms with Crippen LogP contribution in [0.3, 0.4) is 0 Å². The number of amides is 1. The number of benzene rings is 2. The highest BCUT2D eigenvalue weighted by atomic mass is 35.5. The summed E-state index contributed by atoms with van der Waals surface area (Å²) in [7, 11) is 0. The van der Waals surface area contributed by atoms with Crippen molar-refractivity contribution in [3.63, 3.8) is 0 Å². The van der Waals surface area contributed by atoms with Crippen molar-refractivity contribution >= 4 is 40.3 Å². The largest absolute Gasteiger partial charge is 0.493 e. The van der Waals surface area contributed by atoms with Crippen LogP contribution in [0.1, 0.15) is 33.9 Å². The van der Waals surface area contributed by atoms with Crippen molar-refractivity contribution in [1.82, 2.24) is 14.9 Å². The zero-order valence-corrected chi connectivity index (χ0v) is 21.6. The van der Waals surface area contributed by atoms with Crippen molar-refractivity contribution < 1.29 is 22.7 Å². The molecule has 11 heteroatoms. The van der Waals surface area contributed by atoms with Gasteiger partial charge in [-0.25, -0.2) is 17.7 Å². The van der Waals surface area contributed by atoms with Crippen molar-refractivity contribution in [3.8, 4) is 17.0 Å². The number of aryl methyl sites for hydroxylation is 1. The summed E-state index contributed by atoms with van der Waals surface area (Å²) in [6.07, 6.45) is 1.90. The molecule has 0 aliphatic carbocycles. The second-order valence-electron chi connectivity index (χ2n) is 9.54. The lowest BCUT2D eigenvalue weighted by Gasteiger charge is -2.41. The lowest BCUT2D eigenvalue weighted by Crippen LogP contribution is -2.57. The lowest BCUT2D eigenvalue weighted by molar-refractivity contribution is -0.0262. The van der Waals surface area contributed by atoms with Gasteiger partial charge in [0.1, 0.15) is 11.6 Å². The van der Waals surface area contributed by atoms with E-state index in [1.54, 1.807) is 13.0 Å². The molecule has 6 nitrogen and oxygen atoms in total. The van der Waals surface area contributed by atoms with Gasteiger partial charge >= 0.3 is 0 Å². The summed E-state index contributed by atoms with van der Waals surface area (Å²) in [6.45, 7) is 1.12. The van der Waals surface area contributed by atoms with Crippen LogP contribution in [-0.4, -0.2) is 41.1 Å². The Morgan fingerprint density at radius 1 is 1.18 bits per heavy atom. The van der Waals surface area contributed by atoms with E-state index < -0.39 is 30.7 Å². The average molecular weight is 561 g/mol. The summed E-state index contributed by atoms with van der Waals surface area (Å²) in [5.41, 5.74) is 3.15. The summed E-state index contributed by atoms with van der Waals surface area (Å²) >= 11 is 12.5. The Labute approximate surface area is 225 Å². The van der Waals surface area contributed by atoms with Crippen LogP contribution in [0.5, 0.6) is 5.75 Å². The van der Waals surface area contributed by atoms with Crippen LogP contribution in [0.2, 0.25) is 10.0 Å². The van der Waals surface area contributed by atoms with Gasteiger partial charge in [0.2, 0.25) is 0 Å². The molecule has 1 atom stereocenters. The van der Waals surface area contributed by atoms with E-state index in [9.17, 15) is 18.0 Å². The maximum Gasteiger partial charge on any atom is 0.282 e. The molecule has 38 heavy (non-hydrogen) atoms. The Balaban J connectivity index is 1.47. The van der Waals surface area contributed by atoms with Crippen molar-refractivity contribution in [2.75, 3.05) is 24.6 Å². The Hall–Kier alpha value is -3.43. The number of alkyl halides is 2. The molecule has 1 N–H and O–H groups in total. The van der Waals surface area contributed by atoms with Crippen LogP contribution in [0, 0.1) is 12.7 Å². The third-order valence-corrected chi connectivity index (χ3v) is 7.69. The van der Waals surface area contributed by atoms with Crippen molar-refractivity contribution in [2.45, 2.75) is 25.3 Å². The van der Waals surface area contributed by atoms with Crippen molar-refractivity contribution in [3.05, 3.63) is 81.2 Å². The van der Waals surface area contributed by atoms with Crippen LogP contribution < -0.4 is 15.0 Å². The normalized spacial score (nSPS) is 18.1. The van der Waals surface area contributed by atoms with Gasteiger partial charge in [0, 0.05) is 17.5 Å². The molecule has 196 valence electrons. The van der Waals surface area contributed by atoms with Gasteiger partial charge in [-0.05, 0) is 36.8 Å². The van der Waals surface area contributed by atoms with Crippen molar-refractivity contribution in [2.24, 2.45) is 0 Å². The first-order valence-electron chi connectivity index (χ1n) is 11.9. The molecule has 2 aliphatic heterocycles. The van der Waals surface area contributed by atoms with Gasteiger partial charge in [-0.1, -0.05) is 41.4 Å². The highest BCUT2D eigenvalue weighted by Gasteiger charge is 2.46. The summed E-state index contributed by atoms with van der Waals surface area (Å²) in [6, 6.07) is 11.2. The van der Waals surface area contributed by atoms with Crippen LogP contribution in [0.25, 0.3) is 16.8 Å². The number of nitrogens with one attached hydrogen (secondary N) is 1. The molecule has 0 saturated carbocycles. The number of para-hydroxylation sites is 1. The van der Waals surface area contributed by atoms with Crippen LogP contribution in [-0.2, 0) is 0 Å². The second kappa shape index (κ2) is 9.10. The molecule has 1 saturated heterocycles. The number of carbonyl (C=O) groups is 1. The number of rotatable bonds is 4. The first-order valence-corrected chi connectivity index (χ1v) is 12.7. The minimum absolute atomic E-state index is 0.0337. The zero-order valence-electron chi connectivity index (χ0n) is 20.1. The molecule has 6 rings (SSSR count). The molecule has 0 unspecified atom stereocenters. The standard InChI is InChI=1S/C27H21Cl2F3N4O2/c1-14-8-21-25(35-12-27(31,32)13-35)18(26(37)34-20-6-7-38-22-5-3-2-4-16(20)22)11-33-36(21)24(14)17-9-15(30)10-19(28)23(17)29/h2-5,8-11,20H,6-7,12-13H2,1H3,(H,34,37)/t20-/m0/s1. The van der Waals surface area contributed by atoms with E-state index in [0.717, 1.165) is 11.6 Å². The van der Waals surface area contributed by atoms with E-state index >= 15 is 0 Å². The zero-order chi connectivity index (χ0) is 26.8. The van der Waals surface area contributed by atoms with Gasteiger partial charge in [-0.3, -0.25) is 4.79 Å². The van der Waals surface area contributed by atoms with E-state index in [1.165, 1.54) is 21.7 Å². The number of fused-ring (bicyclic) bond motifs is 2. The highest BCUT2D eigenvalue weighted by Crippen LogP contribution is 2.42. The van der Waals surface area contributed by atoms with Gasteiger partial charge in [-0.15, -0.1) is 0 Å². The molecule has 2 aromatic heterocycles. The minimum Gasteiger partial charge on any atom is -0.493 e. The monoisotopic (exact) mass is 560 g/mol. The SMILES string of the molecule is Cc1cc2c(N3CC(F)(F)C3)c(C(=O)N[C@H]3CCOc4ccccc43)cnn2c1-c1cc(F)cc(Cl)c1Cl. The number of nitrogens with zero attached hydrogens (tertiary/aromatic N) is 3. The molecule has 2 aliphatic rings. The van der Waals surface area contributed by atoms with E-state index in [2.05, 4.69) is 10.4 Å². The minimum atomic E-state index is -2.88. The summed E-state index contributed by atoms with van der Waals surface area (Å²) < 4.78 is 49.4. The molecule has 4 heterocycles. The number of anilines is 1. The first-order chi connectivity index (χ1) is 18.1. The Morgan fingerprint density at radius 2 is 1.95 bits per heavy atom. The van der Waals surface area contributed by atoms with Gasteiger partial charge in [0.05, 0.1) is 64.4 Å². The summed E-state index contributed by atoms with van der Waals surface area (Å²) in [4.78, 5) is 15.0. The fourth-order valence-electron chi connectivity index (χ4n) is 5.18. The third-order valence-electron chi connectivity index (χ3n) is 6.88. The molecule has 0 spiro atoms. The van der Waals surface area contributed by atoms with Crippen molar-refractivity contribution in [1.29, 1.82) is 0 Å². The molecule has 0 radical (unpaired) electrons. The topological polar surface area (TPSA) is 58.9 Å². The fraction of sp³-hybridized carbons (Fsp3) is 0.259. The van der Waals surface area contributed by atoms with Crippen LogP contribution in [0.15, 0.2) is 48.7 Å². The van der Waals surface area contributed by atoms with E-state index in [0.29, 0.717) is 46.8 Å². The highest BCUT2D eigenvalue weighted by molar-refractivity contribution is 6.43. The van der Waals surface area contributed by atoms with Gasteiger partial charge in [0.15, 0.2) is 0 Å². The molecular formula is C27H21Cl2F3N4O2. The quantitative estimate of drug-likeness (QED) is 0.291. The van der Waals surface area contributed by atoms with Crippen LogP contribution >= 0.6 is 23.2 Å². The van der Waals surface area contributed by atoms with Gasteiger partial charge in [-0.2, -0.15) is 5.10 Å². The molecule has 1 fully saturated rings. The number of halogens is 5. The Bertz CT molecular complexity index is 1600. The van der Waals surface area contributed by atoms with E-state index in [-0.39, 0.29) is 21.7 Å². The van der Waals surface area contributed by atoms with E-state index in [1.807, 2.05) is 24.3 Å². The molecule has 2 aromatic carbocycles. The smallest absolute Gasteiger partial charge is 0.282 e. The number of aromatic nitrogens is 2. The molecular weight excluding hydrogens is 540 g/mol. The summed E-state index contributed by atoms with van der Waals surface area (Å²) in [5.74, 6) is -3.21. The first kappa shape index (κ1) is 24.9. The number of carbonyl (C=O) groups excluding carboxylic acids is 1. The molecule has 1 amide bonds. The predicted molar refractivity (Wildman–Crippen MR) is 139 cm³/mol. The predicted octanol–water partition coefficient (Wildman–Crippen LogP) is 6.46. The maximum atomic E-state index is 14.3.